The summed E-state index contributed by atoms with van der Waals surface area (Å²) in [7, 11) is 0. The van der Waals surface area contributed by atoms with Gasteiger partial charge < -0.3 is 20.4 Å². The Morgan fingerprint density at radius 3 is 2.10 bits per heavy atom. The van der Waals surface area contributed by atoms with Crippen molar-refractivity contribution in [2.24, 2.45) is 0 Å². The summed E-state index contributed by atoms with van der Waals surface area (Å²) < 4.78 is 26.9. The molecule has 1 aromatic rings. The van der Waals surface area contributed by atoms with Crippen LogP contribution in [-0.4, -0.2) is 46.2 Å². The molecular formula is C12H12F2N2O5. The number of nitrogens with zero attached hydrogens (tertiary/aromatic N) is 1. The number of carbonyl (C=O) groups is 3. The number of carboxylic acids is 2. The Bertz CT molecular complexity index is 575. The topological polar surface area (TPSA) is 107 Å². The van der Waals surface area contributed by atoms with Gasteiger partial charge in [0, 0.05) is 6.07 Å². The summed E-state index contributed by atoms with van der Waals surface area (Å²) in [6, 6.07) is 0.410. The molecule has 114 valence electrons. The number of hydrogen-bond acceptors (Lipinski definition) is 3. The highest BCUT2D eigenvalue weighted by Crippen LogP contribution is 2.19. The van der Waals surface area contributed by atoms with Gasteiger partial charge in [-0.15, -0.1) is 0 Å². The third-order valence-corrected chi connectivity index (χ3v) is 2.43. The zero-order valence-corrected chi connectivity index (χ0v) is 10.9. The Kier molecular flexibility index (Phi) is 5.17. The quantitative estimate of drug-likeness (QED) is 0.759. The van der Waals surface area contributed by atoms with Crippen LogP contribution in [0.25, 0.3) is 0 Å². The average Bonchev–Trinajstić information content (AvgIpc) is 2.33. The average molecular weight is 302 g/mol. The van der Waals surface area contributed by atoms with E-state index in [1.54, 1.807) is 0 Å². The molecule has 0 saturated carbocycles. The van der Waals surface area contributed by atoms with E-state index in [9.17, 15) is 23.2 Å². The van der Waals surface area contributed by atoms with Gasteiger partial charge in [-0.2, -0.15) is 0 Å². The largest absolute Gasteiger partial charge is 0.480 e. The number of anilines is 1. The fraction of sp³-hybridized carbons (Fsp3) is 0.250. The second kappa shape index (κ2) is 6.64. The van der Waals surface area contributed by atoms with E-state index in [1.807, 2.05) is 5.32 Å². The van der Waals surface area contributed by atoms with E-state index in [4.69, 9.17) is 10.2 Å². The van der Waals surface area contributed by atoms with Gasteiger partial charge in [0.2, 0.25) is 0 Å². The first-order valence-corrected chi connectivity index (χ1v) is 5.66. The van der Waals surface area contributed by atoms with Crippen LogP contribution in [0.15, 0.2) is 12.1 Å². The summed E-state index contributed by atoms with van der Waals surface area (Å²) in [5.41, 5.74) is -0.484. The van der Waals surface area contributed by atoms with Crippen molar-refractivity contribution in [3.8, 4) is 0 Å². The van der Waals surface area contributed by atoms with Crippen molar-refractivity contribution in [2.75, 3.05) is 18.4 Å². The molecule has 0 spiro atoms. The number of amides is 2. The van der Waals surface area contributed by atoms with Crippen LogP contribution in [0.3, 0.4) is 0 Å². The molecule has 0 fully saturated rings. The van der Waals surface area contributed by atoms with E-state index in [0.29, 0.717) is 4.90 Å². The first-order chi connectivity index (χ1) is 9.70. The molecule has 0 bridgehead atoms. The van der Waals surface area contributed by atoms with Crippen molar-refractivity contribution in [1.82, 2.24) is 4.90 Å². The molecule has 0 aliphatic heterocycles. The van der Waals surface area contributed by atoms with Crippen LogP contribution in [-0.2, 0) is 9.59 Å². The molecule has 2 amide bonds. The molecule has 0 aliphatic carbocycles. The molecule has 0 aliphatic rings. The molecule has 1 rings (SSSR count). The molecular weight excluding hydrogens is 290 g/mol. The van der Waals surface area contributed by atoms with Gasteiger partial charge in [0.05, 0.1) is 5.69 Å². The van der Waals surface area contributed by atoms with Crippen molar-refractivity contribution < 1.29 is 33.4 Å². The molecule has 7 nitrogen and oxygen atoms in total. The maximum Gasteiger partial charge on any atom is 0.323 e. The summed E-state index contributed by atoms with van der Waals surface area (Å²) in [6.45, 7) is -0.465. The fourth-order valence-electron chi connectivity index (χ4n) is 1.46. The Morgan fingerprint density at radius 2 is 1.62 bits per heavy atom. The number of aryl methyl sites for hydroxylation is 1. The lowest BCUT2D eigenvalue weighted by molar-refractivity contribution is -0.140. The zero-order chi connectivity index (χ0) is 16.2. The third kappa shape index (κ3) is 4.71. The molecule has 0 unspecified atom stereocenters. The smallest absolute Gasteiger partial charge is 0.323 e. The predicted molar refractivity (Wildman–Crippen MR) is 67.0 cm³/mol. The van der Waals surface area contributed by atoms with E-state index in [0.717, 1.165) is 12.1 Å². The van der Waals surface area contributed by atoms with Gasteiger partial charge in [0.25, 0.3) is 0 Å². The molecule has 0 atom stereocenters. The summed E-state index contributed by atoms with van der Waals surface area (Å²) >= 11 is 0. The minimum absolute atomic E-state index is 0.0263. The van der Waals surface area contributed by atoms with E-state index in [-0.39, 0.29) is 5.56 Å². The summed E-state index contributed by atoms with van der Waals surface area (Å²) in [5, 5.41) is 19.1. The van der Waals surface area contributed by atoms with Gasteiger partial charge in [-0.1, -0.05) is 0 Å². The summed E-state index contributed by atoms with van der Waals surface area (Å²) in [6.07, 6.45) is 0. The first-order valence-electron chi connectivity index (χ1n) is 5.66. The Hall–Kier alpha value is -2.71. The molecule has 21 heavy (non-hydrogen) atoms. The van der Waals surface area contributed by atoms with E-state index < -0.39 is 48.4 Å². The molecule has 1 aromatic carbocycles. The maximum absolute atomic E-state index is 13.5. The van der Waals surface area contributed by atoms with Crippen LogP contribution in [0.5, 0.6) is 0 Å². The molecule has 0 heterocycles. The number of nitrogens with one attached hydrogen (secondary N) is 1. The number of halogens is 2. The maximum atomic E-state index is 13.5. The van der Waals surface area contributed by atoms with Crippen molar-refractivity contribution in [3.63, 3.8) is 0 Å². The van der Waals surface area contributed by atoms with Gasteiger partial charge in [0.1, 0.15) is 24.7 Å². The molecule has 0 saturated heterocycles. The van der Waals surface area contributed by atoms with Crippen LogP contribution >= 0.6 is 0 Å². The van der Waals surface area contributed by atoms with Crippen molar-refractivity contribution in [3.05, 3.63) is 29.3 Å². The second-order valence-electron chi connectivity index (χ2n) is 4.15. The molecule has 3 N–H and O–H groups in total. The normalized spacial score (nSPS) is 10.0. The van der Waals surface area contributed by atoms with Gasteiger partial charge in [-0.3, -0.25) is 9.59 Å². The number of aliphatic carboxylic acids is 2. The minimum atomic E-state index is -1.44. The van der Waals surface area contributed by atoms with Crippen LogP contribution in [0.2, 0.25) is 0 Å². The number of benzene rings is 1. The zero-order valence-electron chi connectivity index (χ0n) is 10.9. The van der Waals surface area contributed by atoms with E-state index in [1.165, 1.54) is 6.92 Å². The highest BCUT2D eigenvalue weighted by molar-refractivity contribution is 5.93. The third-order valence-electron chi connectivity index (χ3n) is 2.43. The highest BCUT2D eigenvalue weighted by atomic mass is 19.1. The van der Waals surface area contributed by atoms with E-state index >= 15 is 0 Å². The monoisotopic (exact) mass is 302 g/mol. The minimum Gasteiger partial charge on any atom is -0.480 e. The summed E-state index contributed by atoms with van der Waals surface area (Å²) in [5.74, 6) is -4.58. The fourth-order valence-corrected chi connectivity index (χ4v) is 1.46. The van der Waals surface area contributed by atoms with Gasteiger partial charge >= 0.3 is 18.0 Å². The number of urea groups is 1. The van der Waals surface area contributed by atoms with Crippen LogP contribution in [0.1, 0.15) is 5.56 Å². The van der Waals surface area contributed by atoms with Crippen LogP contribution in [0, 0.1) is 18.6 Å². The lowest BCUT2D eigenvalue weighted by Gasteiger charge is -2.19. The van der Waals surface area contributed by atoms with Gasteiger partial charge in [-0.25, -0.2) is 13.6 Å². The van der Waals surface area contributed by atoms with Crippen molar-refractivity contribution in [1.29, 1.82) is 0 Å². The molecule has 0 aromatic heterocycles. The molecule has 9 heteroatoms. The highest BCUT2D eigenvalue weighted by Gasteiger charge is 2.21. The molecule has 0 radical (unpaired) electrons. The van der Waals surface area contributed by atoms with Crippen molar-refractivity contribution in [2.45, 2.75) is 6.92 Å². The predicted octanol–water partition coefficient (Wildman–Crippen LogP) is 1.28. The lowest BCUT2D eigenvalue weighted by Crippen LogP contribution is -2.42. The first kappa shape index (κ1) is 16.3. The number of carboxylic acid groups (broad SMARTS) is 2. The van der Waals surface area contributed by atoms with E-state index in [2.05, 4.69) is 0 Å². The Labute approximate surface area is 117 Å². The van der Waals surface area contributed by atoms with Gasteiger partial charge in [0.15, 0.2) is 0 Å². The Morgan fingerprint density at radius 1 is 1.10 bits per heavy atom. The number of hydrogen-bond donors (Lipinski definition) is 3. The number of carbonyl (C=O) groups excluding carboxylic acids is 1. The van der Waals surface area contributed by atoms with Crippen LogP contribution in [0.4, 0.5) is 19.3 Å². The Balaban J connectivity index is 2.93. The van der Waals surface area contributed by atoms with Crippen LogP contribution < -0.4 is 5.32 Å². The SMILES string of the molecule is Cc1cc(F)c(NC(=O)N(CC(=O)O)CC(=O)O)cc1F. The lowest BCUT2D eigenvalue weighted by atomic mass is 10.2. The van der Waals surface area contributed by atoms with Crippen molar-refractivity contribution >= 4 is 23.7 Å². The summed E-state index contributed by atoms with van der Waals surface area (Å²) in [4.78, 5) is 33.3. The number of rotatable bonds is 5. The second-order valence-corrected chi connectivity index (χ2v) is 4.15. The standard InChI is InChI=1S/C12H12F2N2O5/c1-6-2-8(14)9(3-7(6)13)15-12(21)16(4-10(17)18)5-11(19)20/h2-3H,4-5H2,1H3,(H,15,21)(H,17,18)(H,19,20). The van der Waals surface area contributed by atoms with Gasteiger partial charge in [-0.05, 0) is 18.6 Å².